The molecule has 3 heteroatoms. The minimum Gasteiger partial charge on any atom is -0.351 e. The molecular formula is C18H27NO2. The van der Waals surface area contributed by atoms with Crippen molar-refractivity contribution in [3.63, 3.8) is 0 Å². The van der Waals surface area contributed by atoms with Crippen molar-refractivity contribution in [2.45, 2.75) is 65.3 Å². The van der Waals surface area contributed by atoms with E-state index >= 15 is 0 Å². The Morgan fingerprint density at radius 2 is 1.67 bits per heavy atom. The Kier molecular flexibility index (Phi) is 6.60. The average molecular weight is 289 g/mol. The van der Waals surface area contributed by atoms with E-state index < -0.39 is 0 Å². The first-order valence-electron chi connectivity index (χ1n) is 7.81. The predicted octanol–water partition coefficient (Wildman–Crippen LogP) is 3.91. The third kappa shape index (κ3) is 6.11. The van der Waals surface area contributed by atoms with E-state index in [0.29, 0.717) is 5.56 Å². The van der Waals surface area contributed by atoms with Gasteiger partial charge in [-0.3, -0.25) is 9.59 Å². The van der Waals surface area contributed by atoms with E-state index in [1.165, 1.54) is 5.56 Å². The lowest BCUT2D eigenvalue weighted by molar-refractivity contribution is -0.122. The quantitative estimate of drug-likeness (QED) is 0.738. The molecule has 1 aromatic rings. The highest BCUT2D eigenvalue weighted by Crippen LogP contribution is 2.11. The van der Waals surface area contributed by atoms with Gasteiger partial charge in [0.05, 0.1) is 0 Å². The molecule has 21 heavy (non-hydrogen) atoms. The molecule has 0 aliphatic heterocycles. The number of amides is 1. The Hall–Kier alpha value is -1.64. The lowest BCUT2D eigenvalue weighted by atomic mass is 10.0. The topological polar surface area (TPSA) is 46.2 Å². The zero-order chi connectivity index (χ0) is 15.9. The van der Waals surface area contributed by atoms with Gasteiger partial charge in [0.15, 0.2) is 5.78 Å². The SMILES string of the molecule is CCCc1ccc(C(=O)CCC(=O)NC(C)(C)CC)cc1. The van der Waals surface area contributed by atoms with Gasteiger partial charge in [0, 0.05) is 23.9 Å². The van der Waals surface area contributed by atoms with Crippen molar-refractivity contribution in [2.75, 3.05) is 0 Å². The number of ketones is 1. The van der Waals surface area contributed by atoms with Crippen molar-refractivity contribution in [2.24, 2.45) is 0 Å². The van der Waals surface area contributed by atoms with Gasteiger partial charge in [0.2, 0.25) is 5.91 Å². The maximum absolute atomic E-state index is 12.1. The molecule has 0 aliphatic rings. The van der Waals surface area contributed by atoms with E-state index in [9.17, 15) is 9.59 Å². The molecule has 1 N–H and O–H groups in total. The number of rotatable bonds is 8. The highest BCUT2D eigenvalue weighted by Gasteiger charge is 2.18. The number of hydrogen-bond acceptors (Lipinski definition) is 2. The number of nitrogens with one attached hydrogen (secondary N) is 1. The summed E-state index contributed by atoms with van der Waals surface area (Å²) in [6, 6.07) is 7.72. The molecule has 0 atom stereocenters. The molecule has 0 fully saturated rings. The molecule has 0 unspecified atom stereocenters. The van der Waals surface area contributed by atoms with Crippen LogP contribution in [0.2, 0.25) is 0 Å². The number of carbonyl (C=O) groups is 2. The molecule has 116 valence electrons. The summed E-state index contributed by atoms with van der Waals surface area (Å²) in [6.45, 7) is 8.14. The van der Waals surface area contributed by atoms with Crippen LogP contribution < -0.4 is 5.32 Å². The first-order valence-corrected chi connectivity index (χ1v) is 7.81. The van der Waals surface area contributed by atoms with E-state index in [1.54, 1.807) is 0 Å². The van der Waals surface area contributed by atoms with Gasteiger partial charge in [-0.1, -0.05) is 44.5 Å². The Balaban J connectivity index is 2.48. The van der Waals surface area contributed by atoms with Crippen molar-refractivity contribution in [1.82, 2.24) is 5.32 Å². The van der Waals surface area contributed by atoms with Crippen LogP contribution >= 0.6 is 0 Å². The van der Waals surface area contributed by atoms with Crippen LogP contribution in [-0.2, 0) is 11.2 Å². The molecule has 0 saturated carbocycles. The van der Waals surface area contributed by atoms with Crippen LogP contribution in [0.3, 0.4) is 0 Å². The largest absolute Gasteiger partial charge is 0.351 e. The standard InChI is InChI=1S/C18H27NO2/c1-5-7-14-8-10-15(11-9-14)16(20)12-13-17(21)19-18(3,4)6-2/h8-11H,5-7,12-13H2,1-4H3,(H,19,21). The third-order valence-electron chi connectivity index (χ3n) is 3.76. The van der Waals surface area contributed by atoms with Crippen LogP contribution in [0.1, 0.15) is 69.3 Å². The van der Waals surface area contributed by atoms with Gasteiger partial charge in [-0.15, -0.1) is 0 Å². The van der Waals surface area contributed by atoms with Crippen molar-refractivity contribution in [3.8, 4) is 0 Å². The summed E-state index contributed by atoms with van der Waals surface area (Å²) in [5, 5.41) is 2.95. The number of benzene rings is 1. The number of carbonyl (C=O) groups excluding carboxylic acids is 2. The first kappa shape index (κ1) is 17.4. The second-order valence-corrected chi connectivity index (χ2v) is 6.16. The van der Waals surface area contributed by atoms with Gasteiger partial charge in [0.1, 0.15) is 0 Å². The summed E-state index contributed by atoms with van der Waals surface area (Å²) >= 11 is 0. The molecule has 0 radical (unpaired) electrons. The molecule has 0 spiro atoms. The van der Waals surface area contributed by atoms with E-state index in [2.05, 4.69) is 12.2 Å². The fourth-order valence-corrected chi connectivity index (χ4v) is 2.05. The number of hydrogen-bond donors (Lipinski definition) is 1. The van der Waals surface area contributed by atoms with Crippen LogP contribution in [0.5, 0.6) is 0 Å². The molecule has 1 amide bonds. The Morgan fingerprint density at radius 1 is 1.05 bits per heavy atom. The summed E-state index contributed by atoms with van der Waals surface area (Å²) in [6.07, 6.45) is 3.51. The molecule has 0 aromatic heterocycles. The minimum atomic E-state index is -0.206. The third-order valence-corrected chi connectivity index (χ3v) is 3.76. The van der Waals surface area contributed by atoms with Crippen LogP contribution in [-0.4, -0.2) is 17.2 Å². The van der Waals surface area contributed by atoms with Gasteiger partial charge in [-0.05, 0) is 32.3 Å². The van der Waals surface area contributed by atoms with Gasteiger partial charge in [-0.2, -0.15) is 0 Å². The molecule has 0 heterocycles. The van der Waals surface area contributed by atoms with E-state index in [1.807, 2.05) is 45.0 Å². The summed E-state index contributed by atoms with van der Waals surface area (Å²) in [5.74, 6) is -0.0275. The van der Waals surface area contributed by atoms with Crippen molar-refractivity contribution in [3.05, 3.63) is 35.4 Å². The second kappa shape index (κ2) is 7.96. The highest BCUT2D eigenvalue weighted by molar-refractivity contribution is 5.98. The van der Waals surface area contributed by atoms with Crippen LogP contribution in [0.4, 0.5) is 0 Å². The van der Waals surface area contributed by atoms with Gasteiger partial charge in [0.25, 0.3) is 0 Å². The van der Waals surface area contributed by atoms with E-state index in [0.717, 1.165) is 19.3 Å². The van der Waals surface area contributed by atoms with Crippen molar-refractivity contribution < 1.29 is 9.59 Å². The van der Waals surface area contributed by atoms with Crippen molar-refractivity contribution in [1.29, 1.82) is 0 Å². The summed E-state index contributed by atoms with van der Waals surface area (Å²) in [7, 11) is 0. The van der Waals surface area contributed by atoms with Crippen molar-refractivity contribution >= 4 is 11.7 Å². The van der Waals surface area contributed by atoms with Gasteiger partial charge in [-0.25, -0.2) is 0 Å². The minimum absolute atomic E-state index is 0.0301. The van der Waals surface area contributed by atoms with Crippen LogP contribution in [0, 0.1) is 0 Å². The summed E-state index contributed by atoms with van der Waals surface area (Å²) < 4.78 is 0. The van der Waals surface area contributed by atoms with Gasteiger partial charge >= 0.3 is 0 Å². The molecule has 3 nitrogen and oxygen atoms in total. The smallest absolute Gasteiger partial charge is 0.220 e. The highest BCUT2D eigenvalue weighted by atomic mass is 16.2. The molecule has 0 aliphatic carbocycles. The first-order chi connectivity index (χ1) is 9.88. The molecular weight excluding hydrogens is 262 g/mol. The molecule has 0 saturated heterocycles. The Morgan fingerprint density at radius 3 is 2.19 bits per heavy atom. The Bertz CT molecular complexity index is 474. The maximum Gasteiger partial charge on any atom is 0.220 e. The maximum atomic E-state index is 12.1. The second-order valence-electron chi connectivity index (χ2n) is 6.16. The monoisotopic (exact) mass is 289 g/mol. The van der Waals surface area contributed by atoms with Crippen LogP contribution in [0.25, 0.3) is 0 Å². The number of aryl methyl sites for hydroxylation is 1. The zero-order valence-electron chi connectivity index (χ0n) is 13.7. The zero-order valence-corrected chi connectivity index (χ0v) is 13.7. The molecule has 0 bridgehead atoms. The summed E-state index contributed by atoms with van der Waals surface area (Å²) in [5.41, 5.74) is 1.73. The fourth-order valence-electron chi connectivity index (χ4n) is 2.05. The van der Waals surface area contributed by atoms with E-state index in [-0.39, 0.29) is 30.1 Å². The Labute approximate surface area is 128 Å². The van der Waals surface area contributed by atoms with Crippen LogP contribution in [0.15, 0.2) is 24.3 Å². The fraction of sp³-hybridized carbons (Fsp3) is 0.556. The lowest BCUT2D eigenvalue weighted by Crippen LogP contribution is -2.42. The average Bonchev–Trinajstić information content (AvgIpc) is 2.45. The summed E-state index contributed by atoms with van der Waals surface area (Å²) in [4.78, 5) is 23.9. The number of Topliss-reactive ketones (excluding diaryl/α,β-unsaturated/α-hetero) is 1. The van der Waals surface area contributed by atoms with E-state index in [4.69, 9.17) is 0 Å². The van der Waals surface area contributed by atoms with Gasteiger partial charge < -0.3 is 5.32 Å². The molecule has 1 rings (SSSR count). The molecule has 1 aromatic carbocycles. The lowest BCUT2D eigenvalue weighted by Gasteiger charge is -2.24. The normalized spacial score (nSPS) is 11.2. The predicted molar refractivity (Wildman–Crippen MR) is 86.5 cm³/mol.